The lowest BCUT2D eigenvalue weighted by atomic mass is 10.2. The minimum absolute atomic E-state index is 0.415. The first kappa shape index (κ1) is 9.18. The number of rotatable bonds is 2. The molecule has 70 valence electrons. The summed E-state index contributed by atoms with van der Waals surface area (Å²) in [6.45, 7) is 0. The predicted octanol–water partition coefficient (Wildman–Crippen LogP) is 0.768. The molecule has 0 atom stereocenters. The summed E-state index contributed by atoms with van der Waals surface area (Å²) in [5, 5.41) is 2.38. The Labute approximate surface area is 75.7 Å². The average molecular weight is 181 g/mol. The summed E-state index contributed by atoms with van der Waals surface area (Å²) < 4.78 is 4.93. The molecule has 0 fully saturated rings. The fourth-order valence-electron chi connectivity index (χ4n) is 0.914. The van der Waals surface area contributed by atoms with Gasteiger partial charge in [0.15, 0.2) is 0 Å². The monoisotopic (exact) mass is 181 g/mol. The number of hydrogen-bond acceptors (Lipinski definition) is 3. The van der Waals surface area contributed by atoms with Gasteiger partial charge in [-0.05, 0) is 12.1 Å². The molecule has 0 bridgehead atoms. The van der Waals surface area contributed by atoms with Crippen LogP contribution in [0.15, 0.2) is 18.2 Å². The first-order valence-corrected chi connectivity index (χ1v) is 3.63. The van der Waals surface area contributed by atoms with Crippen LogP contribution < -0.4 is 21.5 Å². The van der Waals surface area contributed by atoms with E-state index in [-0.39, 0.29) is 0 Å². The number of carbonyl (C=O) groups is 1. The van der Waals surface area contributed by atoms with Crippen molar-refractivity contribution in [1.82, 2.24) is 0 Å². The number of primary amides is 1. The Morgan fingerprint density at radius 3 is 2.69 bits per heavy atom. The molecular formula is C8H11N3O2. The Morgan fingerprint density at radius 1 is 1.54 bits per heavy atom. The van der Waals surface area contributed by atoms with E-state index in [1.807, 2.05) is 0 Å². The van der Waals surface area contributed by atoms with Gasteiger partial charge in [0.2, 0.25) is 0 Å². The van der Waals surface area contributed by atoms with Crippen LogP contribution in [0.2, 0.25) is 0 Å². The Balaban J connectivity index is 2.91. The molecule has 0 aliphatic carbocycles. The normalized spacial score (nSPS) is 9.31. The highest BCUT2D eigenvalue weighted by Crippen LogP contribution is 2.23. The van der Waals surface area contributed by atoms with Crippen LogP contribution in [0, 0.1) is 0 Å². The SMILES string of the molecule is COc1ccc(NC(N)=O)c(N)c1. The second kappa shape index (κ2) is 3.66. The van der Waals surface area contributed by atoms with Gasteiger partial charge in [0.25, 0.3) is 0 Å². The molecule has 5 nitrogen and oxygen atoms in total. The van der Waals surface area contributed by atoms with Crippen molar-refractivity contribution in [3.05, 3.63) is 18.2 Å². The number of urea groups is 1. The molecule has 0 heterocycles. The van der Waals surface area contributed by atoms with Crippen LogP contribution in [0.3, 0.4) is 0 Å². The van der Waals surface area contributed by atoms with Gasteiger partial charge in [-0.15, -0.1) is 0 Å². The van der Waals surface area contributed by atoms with Gasteiger partial charge < -0.3 is 21.5 Å². The van der Waals surface area contributed by atoms with E-state index in [0.29, 0.717) is 17.1 Å². The molecule has 1 rings (SSSR count). The summed E-state index contributed by atoms with van der Waals surface area (Å²) in [6.07, 6.45) is 0. The third-order valence-electron chi connectivity index (χ3n) is 1.52. The largest absolute Gasteiger partial charge is 0.497 e. The molecule has 0 aliphatic heterocycles. The molecule has 0 saturated carbocycles. The zero-order chi connectivity index (χ0) is 9.84. The third kappa shape index (κ3) is 2.26. The van der Waals surface area contributed by atoms with Crippen molar-refractivity contribution in [3.63, 3.8) is 0 Å². The van der Waals surface area contributed by atoms with E-state index in [4.69, 9.17) is 16.2 Å². The number of hydrogen-bond donors (Lipinski definition) is 3. The van der Waals surface area contributed by atoms with Crippen molar-refractivity contribution in [3.8, 4) is 5.75 Å². The molecule has 5 N–H and O–H groups in total. The number of anilines is 2. The second-order valence-electron chi connectivity index (χ2n) is 2.44. The van der Waals surface area contributed by atoms with Gasteiger partial charge in [-0.25, -0.2) is 4.79 Å². The molecule has 0 aliphatic rings. The zero-order valence-corrected chi connectivity index (χ0v) is 7.20. The fourth-order valence-corrected chi connectivity index (χ4v) is 0.914. The van der Waals surface area contributed by atoms with Crippen LogP contribution >= 0.6 is 0 Å². The number of methoxy groups -OCH3 is 1. The van der Waals surface area contributed by atoms with Gasteiger partial charge in [0.1, 0.15) is 5.75 Å². The minimum atomic E-state index is -0.642. The van der Waals surface area contributed by atoms with Gasteiger partial charge in [0.05, 0.1) is 18.5 Å². The van der Waals surface area contributed by atoms with Gasteiger partial charge >= 0.3 is 6.03 Å². The lowest BCUT2D eigenvalue weighted by Gasteiger charge is -2.07. The van der Waals surface area contributed by atoms with Crippen molar-refractivity contribution in [2.75, 3.05) is 18.2 Å². The molecule has 5 heteroatoms. The summed E-state index contributed by atoms with van der Waals surface area (Å²) in [5.74, 6) is 0.632. The van der Waals surface area contributed by atoms with Crippen molar-refractivity contribution >= 4 is 17.4 Å². The molecule has 0 saturated heterocycles. The number of benzene rings is 1. The third-order valence-corrected chi connectivity index (χ3v) is 1.52. The minimum Gasteiger partial charge on any atom is -0.497 e. The lowest BCUT2D eigenvalue weighted by Crippen LogP contribution is -2.19. The van der Waals surface area contributed by atoms with E-state index in [1.165, 1.54) is 7.11 Å². The average Bonchev–Trinajstić information content (AvgIpc) is 2.08. The second-order valence-corrected chi connectivity index (χ2v) is 2.44. The fraction of sp³-hybridized carbons (Fsp3) is 0.125. The molecule has 13 heavy (non-hydrogen) atoms. The number of nitrogen functional groups attached to an aromatic ring is 1. The number of nitrogens with two attached hydrogens (primary N) is 2. The topological polar surface area (TPSA) is 90.4 Å². The number of carbonyl (C=O) groups excluding carboxylic acids is 1. The highest BCUT2D eigenvalue weighted by atomic mass is 16.5. The van der Waals surface area contributed by atoms with Crippen molar-refractivity contribution in [1.29, 1.82) is 0 Å². The Kier molecular flexibility index (Phi) is 2.59. The molecule has 2 amide bonds. The van der Waals surface area contributed by atoms with Crippen LogP contribution in [0.4, 0.5) is 16.2 Å². The standard InChI is InChI=1S/C8H11N3O2/c1-13-5-2-3-7(6(9)4-5)11-8(10)12/h2-4H,9H2,1H3,(H3,10,11,12). The smallest absolute Gasteiger partial charge is 0.316 e. The quantitative estimate of drug-likeness (QED) is 0.588. The highest BCUT2D eigenvalue weighted by molar-refractivity contribution is 5.91. The Bertz CT molecular complexity index is 325. The zero-order valence-electron chi connectivity index (χ0n) is 7.20. The van der Waals surface area contributed by atoms with Crippen LogP contribution in [0.5, 0.6) is 5.75 Å². The van der Waals surface area contributed by atoms with Crippen LogP contribution in [-0.4, -0.2) is 13.1 Å². The van der Waals surface area contributed by atoms with Gasteiger partial charge in [-0.3, -0.25) is 0 Å². The molecule has 0 unspecified atom stereocenters. The van der Waals surface area contributed by atoms with Crippen molar-refractivity contribution < 1.29 is 9.53 Å². The van der Waals surface area contributed by atoms with E-state index >= 15 is 0 Å². The Hall–Kier alpha value is -1.91. The number of amides is 2. The first-order valence-electron chi connectivity index (χ1n) is 3.63. The number of nitrogens with one attached hydrogen (secondary N) is 1. The first-order chi connectivity index (χ1) is 6.13. The molecule has 0 aromatic heterocycles. The van der Waals surface area contributed by atoms with Crippen LogP contribution in [-0.2, 0) is 0 Å². The van der Waals surface area contributed by atoms with E-state index in [2.05, 4.69) is 5.32 Å². The summed E-state index contributed by atoms with van der Waals surface area (Å²) in [4.78, 5) is 10.5. The molecular weight excluding hydrogens is 170 g/mol. The summed E-state index contributed by atoms with van der Waals surface area (Å²) >= 11 is 0. The van der Waals surface area contributed by atoms with Crippen molar-refractivity contribution in [2.24, 2.45) is 5.73 Å². The maximum Gasteiger partial charge on any atom is 0.316 e. The van der Waals surface area contributed by atoms with Crippen LogP contribution in [0.1, 0.15) is 0 Å². The Morgan fingerprint density at radius 2 is 2.23 bits per heavy atom. The highest BCUT2D eigenvalue weighted by Gasteiger charge is 2.02. The maximum absolute atomic E-state index is 10.5. The summed E-state index contributed by atoms with van der Waals surface area (Å²) in [6, 6.07) is 4.27. The van der Waals surface area contributed by atoms with E-state index < -0.39 is 6.03 Å². The van der Waals surface area contributed by atoms with E-state index in [1.54, 1.807) is 18.2 Å². The van der Waals surface area contributed by atoms with E-state index in [0.717, 1.165) is 0 Å². The number of ether oxygens (including phenoxy) is 1. The van der Waals surface area contributed by atoms with Gasteiger partial charge in [0, 0.05) is 6.07 Å². The van der Waals surface area contributed by atoms with E-state index in [9.17, 15) is 4.79 Å². The van der Waals surface area contributed by atoms with Gasteiger partial charge in [-0.2, -0.15) is 0 Å². The van der Waals surface area contributed by atoms with Crippen molar-refractivity contribution in [2.45, 2.75) is 0 Å². The molecule has 0 spiro atoms. The van der Waals surface area contributed by atoms with Gasteiger partial charge in [-0.1, -0.05) is 0 Å². The lowest BCUT2D eigenvalue weighted by molar-refractivity contribution is 0.259. The summed E-state index contributed by atoms with van der Waals surface area (Å²) in [7, 11) is 1.54. The maximum atomic E-state index is 10.5. The predicted molar refractivity (Wildman–Crippen MR) is 50.6 cm³/mol. The molecule has 0 radical (unpaired) electrons. The summed E-state index contributed by atoms with van der Waals surface area (Å²) in [5.41, 5.74) is 11.4. The van der Waals surface area contributed by atoms with Crippen LogP contribution in [0.25, 0.3) is 0 Å². The molecule has 1 aromatic rings. The molecule has 1 aromatic carbocycles.